The molecule has 0 bridgehead atoms. The molecular formula is C26H24F3N3O3S. The second-order valence-corrected chi connectivity index (χ2v) is 9.60. The highest BCUT2D eigenvalue weighted by Crippen LogP contribution is 2.35. The summed E-state index contributed by atoms with van der Waals surface area (Å²) in [6.45, 7) is 3.60. The predicted molar refractivity (Wildman–Crippen MR) is 133 cm³/mol. The molecule has 36 heavy (non-hydrogen) atoms. The van der Waals surface area contributed by atoms with Crippen LogP contribution in [-0.2, 0) is 6.18 Å². The lowest BCUT2D eigenvalue weighted by Gasteiger charge is -2.17. The molecule has 10 heteroatoms. The topological polar surface area (TPSA) is 56.6 Å². The van der Waals surface area contributed by atoms with Gasteiger partial charge in [0.25, 0.3) is 5.56 Å². The van der Waals surface area contributed by atoms with Crippen molar-refractivity contribution in [3.8, 4) is 27.6 Å². The van der Waals surface area contributed by atoms with E-state index in [1.54, 1.807) is 31.4 Å². The van der Waals surface area contributed by atoms with Crippen molar-refractivity contribution in [3.63, 3.8) is 0 Å². The first-order valence-electron chi connectivity index (χ1n) is 11.6. The Labute approximate surface area is 209 Å². The summed E-state index contributed by atoms with van der Waals surface area (Å²) in [6, 6.07) is 11.9. The lowest BCUT2D eigenvalue weighted by Crippen LogP contribution is -2.25. The molecule has 4 aromatic rings. The summed E-state index contributed by atoms with van der Waals surface area (Å²) in [5.74, 6) is 1.11. The molecule has 0 radical (unpaired) electrons. The van der Waals surface area contributed by atoms with Crippen molar-refractivity contribution in [2.24, 2.45) is 0 Å². The fraction of sp³-hybridized carbons (Fsp3) is 0.308. The van der Waals surface area contributed by atoms with Crippen LogP contribution in [-0.4, -0.2) is 47.8 Å². The Morgan fingerprint density at radius 2 is 1.78 bits per heavy atom. The van der Waals surface area contributed by atoms with E-state index in [9.17, 15) is 18.0 Å². The number of benzene rings is 2. The molecule has 5 rings (SSSR count). The molecule has 188 valence electrons. The molecule has 0 amide bonds. The van der Waals surface area contributed by atoms with Crippen molar-refractivity contribution in [2.75, 3.05) is 33.4 Å². The van der Waals surface area contributed by atoms with Gasteiger partial charge in [0.15, 0.2) is 11.5 Å². The molecule has 0 atom stereocenters. The van der Waals surface area contributed by atoms with Crippen molar-refractivity contribution in [1.82, 2.24) is 14.5 Å². The molecule has 1 aliphatic heterocycles. The molecule has 3 heterocycles. The van der Waals surface area contributed by atoms with Crippen LogP contribution >= 0.6 is 11.3 Å². The minimum absolute atomic E-state index is 0.270. The standard InChI is InChI=1S/C26H24F3N3O3S/c1-34-22-14-19(8-9-21(22)35-13-12-31-10-2-3-11-31)32-16-30-20-15-23(36-24(20)25(32)33)17-4-6-18(7-5-17)26(27,28)29/h4-9,14-16H,2-3,10-13H2,1H3. The van der Waals surface area contributed by atoms with Gasteiger partial charge in [0.05, 0.1) is 23.9 Å². The van der Waals surface area contributed by atoms with E-state index in [2.05, 4.69) is 9.88 Å². The van der Waals surface area contributed by atoms with E-state index < -0.39 is 11.7 Å². The van der Waals surface area contributed by atoms with Crippen LogP contribution in [0, 0.1) is 0 Å². The molecule has 6 nitrogen and oxygen atoms in total. The fourth-order valence-corrected chi connectivity index (χ4v) is 5.32. The van der Waals surface area contributed by atoms with Gasteiger partial charge in [-0.25, -0.2) is 4.98 Å². The van der Waals surface area contributed by atoms with Gasteiger partial charge in [-0.05, 0) is 61.8 Å². The number of ether oxygens (including phenoxy) is 2. The van der Waals surface area contributed by atoms with Crippen LogP contribution in [0.1, 0.15) is 18.4 Å². The monoisotopic (exact) mass is 515 g/mol. The smallest absolute Gasteiger partial charge is 0.416 e. The number of fused-ring (bicyclic) bond motifs is 1. The maximum absolute atomic E-state index is 13.3. The van der Waals surface area contributed by atoms with Gasteiger partial charge in [-0.2, -0.15) is 13.2 Å². The minimum Gasteiger partial charge on any atom is -0.493 e. The number of hydrogen-bond acceptors (Lipinski definition) is 6. The maximum Gasteiger partial charge on any atom is 0.416 e. The highest BCUT2D eigenvalue weighted by molar-refractivity contribution is 7.22. The van der Waals surface area contributed by atoms with Gasteiger partial charge >= 0.3 is 6.18 Å². The number of methoxy groups -OCH3 is 1. The molecule has 0 N–H and O–H groups in total. The zero-order valence-electron chi connectivity index (χ0n) is 19.5. The van der Waals surface area contributed by atoms with E-state index >= 15 is 0 Å². The van der Waals surface area contributed by atoms with E-state index in [4.69, 9.17) is 9.47 Å². The zero-order valence-corrected chi connectivity index (χ0v) is 20.4. The molecule has 2 aromatic heterocycles. The van der Waals surface area contributed by atoms with Gasteiger partial charge in [-0.1, -0.05) is 12.1 Å². The Hall–Kier alpha value is -3.37. The Kier molecular flexibility index (Phi) is 6.72. The van der Waals surface area contributed by atoms with E-state index in [-0.39, 0.29) is 5.56 Å². The van der Waals surface area contributed by atoms with Crippen molar-refractivity contribution in [2.45, 2.75) is 19.0 Å². The zero-order chi connectivity index (χ0) is 25.3. The molecular weight excluding hydrogens is 491 g/mol. The maximum atomic E-state index is 13.3. The minimum atomic E-state index is -4.40. The first-order chi connectivity index (χ1) is 17.3. The fourth-order valence-electron chi connectivity index (χ4n) is 4.28. The number of rotatable bonds is 7. The van der Waals surface area contributed by atoms with Gasteiger partial charge in [-0.3, -0.25) is 14.3 Å². The lowest BCUT2D eigenvalue weighted by molar-refractivity contribution is -0.137. The quantitative estimate of drug-likeness (QED) is 0.320. The van der Waals surface area contributed by atoms with Crippen LogP contribution in [0.15, 0.2) is 59.7 Å². The summed E-state index contributed by atoms with van der Waals surface area (Å²) in [5, 5.41) is 0. The van der Waals surface area contributed by atoms with Crippen LogP contribution in [0.4, 0.5) is 13.2 Å². The van der Waals surface area contributed by atoms with Gasteiger partial charge in [0.2, 0.25) is 0 Å². The number of halogens is 3. The van der Waals surface area contributed by atoms with Crippen LogP contribution in [0.3, 0.4) is 0 Å². The normalized spacial score (nSPS) is 14.4. The molecule has 1 aliphatic rings. The van der Waals surface area contributed by atoms with Gasteiger partial charge in [0.1, 0.15) is 17.6 Å². The van der Waals surface area contributed by atoms with Crippen LogP contribution in [0.25, 0.3) is 26.3 Å². The molecule has 0 unspecified atom stereocenters. The first-order valence-corrected chi connectivity index (χ1v) is 12.4. The Bertz CT molecular complexity index is 1420. The second-order valence-electron chi connectivity index (χ2n) is 8.55. The second kappa shape index (κ2) is 9.94. The largest absolute Gasteiger partial charge is 0.493 e. The molecule has 0 saturated carbocycles. The highest BCUT2D eigenvalue weighted by Gasteiger charge is 2.30. The summed E-state index contributed by atoms with van der Waals surface area (Å²) >= 11 is 1.20. The van der Waals surface area contributed by atoms with E-state index in [1.807, 2.05) is 0 Å². The number of nitrogens with zero attached hydrogens (tertiary/aromatic N) is 3. The molecule has 0 spiro atoms. The van der Waals surface area contributed by atoms with Gasteiger partial charge in [-0.15, -0.1) is 11.3 Å². The SMILES string of the molecule is COc1cc(-n2cnc3cc(-c4ccc(C(F)(F)F)cc4)sc3c2=O)ccc1OCCN1CCCC1. The van der Waals surface area contributed by atoms with E-state index in [0.717, 1.165) is 31.8 Å². The third kappa shape index (κ3) is 4.96. The Morgan fingerprint density at radius 3 is 2.47 bits per heavy atom. The van der Waals surface area contributed by atoms with Crippen LogP contribution < -0.4 is 15.0 Å². The van der Waals surface area contributed by atoms with Crippen molar-refractivity contribution >= 4 is 21.6 Å². The molecule has 0 aliphatic carbocycles. The summed E-state index contributed by atoms with van der Waals surface area (Å²) < 4.78 is 51.9. The van der Waals surface area contributed by atoms with E-state index in [0.29, 0.717) is 44.5 Å². The van der Waals surface area contributed by atoms with Crippen molar-refractivity contribution in [1.29, 1.82) is 0 Å². The van der Waals surface area contributed by atoms with E-state index in [1.165, 1.54) is 47.2 Å². The lowest BCUT2D eigenvalue weighted by atomic mass is 10.1. The molecule has 1 saturated heterocycles. The van der Waals surface area contributed by atoms with Gasteiger partial charge in [0, 0.05) is 17.5 Å². The Morgan fingerprint density at radius 1 is 1.03 bits per heavy atom. The average Bonchev–Trinajstić information content (AvgIpc) is 3.55. The summed E-state index contributed by atoms with van der Waals surface area (Å²) in [5.41, 5.74) is 0.667. The predicted octanol–water partition coefficient (Wildman–Crippen LogP) is 5.62. The number of likely N-dealkylation sites (tertiary alicyclic amines) is 1. The Balaban J connectivity index is 1.39. The average molecular weight is 516 g/mol. The van der Waals surface area contributed by atoms with Crippen LogP contribution in [0.2, 0.25) is 0 Å². The highest BCUT2D eigenvalue weighted by atomic mass is 32.1. The third-order valence-corrected chi connectivity index (χ3v) is 7.39. The number of thiophene rings is 1. The summed E-state index contributed by atoms with van der Waals surface area (Å²) in [7, 11) is 1.55. The first kappa shape index (κ1) is 24.3. The number of aromatic nitrogens is 2. The number of hydrogen-bond donors (Lipinski definition) is 0. The number of alkyl halides is 3. The van der Waals surface area contributed by atoms with Crippen LogP contribution in [0.5, 0.6) is 11.5 Å². The van der Waals surface area contributed by atoms with Crippen molar-refractivity contribution < 1.29 is 22.6 Å². The van der Waals surface area contributed by atoms with Gasteiger partial charge < -0.3 is 9.47 Å². The summed E-state index contributed by atoms with van der Waals surface area (Å²) in [4.78, 5) is 20.7. The molecule has 1 fully saturated rings. The molecule has 2 aromatic carbocycles. The van der Waals surface area contributed by atoms with Crippen molar-refractivity contribution in [3.05, 3.63) is 70.8 Å². The summed E-state index contributed by atoms with van der Waals surface area (Å²) in [6.07, 6.45) is -0.511. The third-order valence-electron chi connectivity index (χ3n) is 6.22.